The summed E-state index contributed by atoms with van der Waals surface area (Å²) in [6, 6.07) is 18.3. The van der Waals surface area contributed by atoms with Gasteiger partial charge in [-0.1, -0.05) is 42.5 Å². The second kappa shape index (κ2) is 7.00. The summed E-state index contributed by atoms with van der Waals surface area (Å²) >= 11 is 0. The number of aryl methyl sites for hydroxylation is 1. The van der Waals surface area contributed by atoms with Gasteiger partial charge in [0, 0.05) is 22.8 Å². The van der Waals surface area contributed by atoms with Crippen molar-refractivity contribution in [3.8, 4) is 22.4 Å². The van der Waals surface area contributed by atoms with E-state index in [1.165, 1.54) is 12.4 Å². The normalized spacial score (nSPS) is 10.8. The van der Waals surface area contributed by atoms with Crippen LogP contribution < -0.4 is 10.5 Å². The summed E-state index contributed by atoms with van der Waals surface area (Å²) in [6.07, 6.45) is 2.88. The van der Waals surface area contributed by atoms with E-state index in [0.717, 1.165) is 27.0 Å². The number of nitrogens with one attached hydrogen (secondary N) is 1. The molecule has 6 nitrogen and oxygen atoms in total. The summed E-state index contributed by atoms with van der Waals surface area (Å²) < 4.78 is 0.730. The van der Waals surface area contributed by atoms with Crippen molar-refractivity contribution in [3.05, 3.63) is 95.0 Å². The van der Waals surface area contributed by atoms with Crippen LogP contribution in [0.2, 0.25) is 0 Å². The maximum absolute atomic E-state index is 13.3. The smallest absolute Gasteiger partial charge is 0.199 e. The molecule has 0 aliphatic carbocycles. The van der Waals surface area contributed by atoms with Crippen molar-refractivity contribution in [1.82, 2.24) is 10.2 Å². The molecule has 0 amide bonds. The SMILES string of the molecule is Cc1ccccc1-c1n[nH]c(N)c1C(=O)c1cccc(-c2ccc[n+]([O-])c2)c1. The molecule has 4 rings (SSSR count). The number of aromatic nitrogens is 3. The number of carbonyl (C=O) groups excluding carboxylic acids is 1. The number of hydrogen-bond donors (Lipinski definition) is 2. The van der Waals surface area contributed by atoms with Crippen molar-refractivity contribution in [2.75, 3.05) is 5.73 Å². The zero-order chi connectivity index (χ0) is 19.7. The molecule has 0 fully saturated rings. The topological polar surface area (TPSA) is 98.7 Å². The first-order valence-electron chi connectivity index (χ1n) is 8.78. The molecule has 6 heteroatoms. The minimum absolute atomic E-state index is 0.225. The fourth-order valence-electron chi connectivity index (χ4n) is 3.23. The van der Waals surface area contributed by atoms with Crippen molar-refractivity contribution in [1.29, 1.82) is 0 Å². The van der Waals surface area contributed by atoms with E-state index in [9.17, 15) is 10.0 Å². The summed E-state index contributed by atoms with van der Waals surface area (Å²) in [4.78, 5) is 13.3. The number of nitrogens with two attached hydrogens (primary N) is 1. The summed E-state index contributed by atoms with van der Waals surface area (Å²) in [5.74, 6) is 0.00283. The number of aromatic amines is 1. The molecule has 0 bridgehead atoms. The first kappa shape index (κ1) is 17.5. The van der Waals surface area contributed by atoms with Gasteiger partial charge in [0.15, 0.2) is 18.2 Å². The van der Waals surface area contributed by atoms with Crippen molar-refractivity contribution >= 4 is 11.6 Å². The molecule has 138 valence electrons. The Morgan fingerprint density at radius 2 is 1.86 bits per heavy atom. The molecule has 0 atom stereocenters. The Balaban J connectivity index is 1.79. The minimum Gasteiger partial charge on any atom is -0.619 e. The van der Waals surface area contributed by atoms with Gasteiger partial charge in [-0.2, -0.15) is 9.83 Å². The molecule has 2 aromatic carbocycles. The van der Waals surface area contributed by atoms with Crippen LogP contribution >= 0.6 is 0 Å². The van der Waals surface area contributed by atoms with Crippen LogP contribution in [-0.4, -0.2) is 16.0 Å². The predicted molar refractivity (Wildman–Crippen MR) is 107 cm³/mol. The fourth-order valence-corrected chi connectivity index (χ4v) is 3.23. The molecule has 2 heterocycles. The first-order valence-corrected chi connectivity index (χ1v) is 8.78. The van der Waals surface area contributed by atoms with E-state index in [1.807, 2.05) is 43.3 Å². The number of benzene rings is 2. The van der Waals surface area contributed by atoms with Gasteiger partial charge in [-0.05, 0) is 30.2 Å². The fraction of sp³-hybridized carbons (Fsp3) is 0.0455. The molecule has 0 spiro atoms. The third-order valence-corrected chi connectivity index (χ3v) is 4.65. The summed E-state index contributed by atoms with van der Waals surface area (Å²) in [7, 11) is 0. The Labute approximate surface area is 161 Å². The van der Waals surface area contributed by atoms with Gasteiger partial charge >= 0.3 is 0 Å². The number of rotatable bonds is 4. The van der Waals surface area contributed by atoms with Gasteiger partial charge in [0.1, 0.15) is 11.5 Å². The summed E-state index contributed by atoms with van der Waals surface area (Å²) in [5, 5.41) is 18.6. The van der Waals surface area contributed by atoms with Crippen molar-refractivity contribution in [2.24, 2.45) is 0 Å². The quantitative estimate of drug-likeness (QED) is 0.326. The molecule has 0 radical (unpaired) electrons. The Hall–Kier alpha value is -3.93. The van der Waals surface area contributed by atoms with Gasteiger partial charge in [0.05, 0.1) is 5.56 Å². The lowest BCUT2D eigenvalue weighted by atomic mass is 9.95. The van der Waals surface area contributed by atoms with Crippen LogP contribution in [0.5, 0.6) is 0 Å². The number of nitrogens with zero attached hydrogens (tertiary/aromatic N) is 2. The van der Waals surface area contributed by atoms with Gasteiger partial charge in [-0.25, -0.2) is 0 Å². The van der Waals surface area contributed by atoms with E-state index < -0.39 is 0 Å². The lowest BCUT2D eigenvalue weighted by Crippen LogP contribution is -2.23. The molecule has 28 heavy (non-hydrogen) atoms. The van der Waals surface area contributed by atoms with E-state index >= 15 is 0 Å². The molecule has 0 aliphatic rings. The highest BCUT2D eigenvalue weighted by molar-refractivity contribution is 6.15. The summed E-state index contributed by atoms with van der Waals surface area (Å²) in [6.45, 7) is 1.96. The Morgan fingerprint density at radius 3 is 2.64 bits per heavy atom. The number of anilines is 1. The van der Waals surface area contributed by atoms with Gasteiger partial charge < -0.3 is 10.9 Å². The average Bonchev–Trinajstić information content (AvgIpc) is 3.09. The molecule has 3 N–H and O–H groups in total. The van der Waals surface area contributed by atoms with E-state index in [-0.39, 0.29) is 11.6 Å². The maximum Gasteiger partial charge on any atom is 0.199 e. The average molecular weight is 370 g/mol. The largest absolute Gasteiger partial charge is 0.619 e. The number of nitrogen functional groups attached to an aromatic ring is 1. The van der Waals surface area contributed by atoms with Crippen molar-refractivity contribution in [3.63, 3.8) is 0 Å². The van der Waals surface area contributed by atoms with Gasteiger partial charge in [0.2, 0.25) is 0 Å². The van der Waals surface area contributed by atoms with Crippen molar-refractivity contribution < 1.29 is 9.52 Å². The van der Waals surface area contributed by atoms with Crippen LogP contribution in [0.25, 0.3) is 22.4 Å². The zero-order valence-corrected chi connectivity index (χ0v) is 15.2. The molecule has 0 saturated carbocycles. The van der Waals surface area contributed by atoms with Crippen LogP contribution in [0.15, 0.2) is 73.1 Å². The van der Waals surface area contributed by atoms with Crippen LogP contribution in [0.4, 0.5) is 5.82 Å². The molecule has 4 aromatic rings. The molecule has 0 saturated heterocycles. The minimum atomic E-state index is -0.225. The highest BCUT2D eigenvalue weighted by atomic mass is 16.5. The number of H-pyrrole nitrogens is 1. The van der Waals surface area contributed by atoms with Gasteiger partial charge in [-0.15, -0.1) is 0 Å². The molecule has 0 aliphatic heterocycles. The van der Waals surface area contributed by atoms with E-state index in [2.05, 4.69) is 10.2 Å². The third-order valence-electron chi connectivity index (χ3n) is 4.65. The monoisotopic (exact) mass is 370 g/mol. The van der Waals surface area contributed by atoms with E-state index in [0.29, 0.717) is 16.8 Å². The van der Waals surface area contributed by atoms with E-state index in [1.54, 1.807) is 24.3 Å². The lowest BCUT2D eigenvalue weighted by molar-refractivity contribution is -0.604. The molecule has 2 aromatic heterocycles. The third kappa shape index (κ3) is 3.12. The Morgan fingerprint density at radius 1 is 1.07 bits per heavy atom. The Kier molecular flexibility index (Phi) is 4.37. The number of pyridine rings is 1. The second-order valence-corrected chi connectivity index (χ2v) is 6.54. The molecular weight excluding hydrogens is 352 g/mol. The summed E-state index contributed by atoms with van der Waals surface area (Å²) in [5.41, 5.74) is 10.8. The van der Waals surface area contributed by atoms with Crippen molar-refractivity contribution in [2.45, 2.75) is 6.92 Å². The number of hydrogen-bond acceptors (Lipinski definition) is 4. The lowest BCUT2D eigenvalue weighted by Gasteiger charge is -2.08. The zero-order valence-electron chi connectivity index (χ0n) is 15.2. The number of carbonyl (C=O) groups is 1. The standard InChI is InChI=1S/C22H18N4O2/c1-14-6-2-3-10-18(14)20-19(22(23)25-24-20)21(27)16-8-4-7-15(12-16)17-9-5-11-26(28)13-17/h2-13H,1H3,(H3,23,24,25). The second-order valence-electron chi connectivity index (χ2n) is 6.54. The van der Waals surface area contributed by atoms with E-state index in [4.69, 9.17) is 5.73 Å². The molecule has 0 unspecified atom stereocenters. The van der Waals surface area contributed by atoms with Crippen LogP contribution in [0.3, 0.4) is 0 Å². The highest BCUT2D eigenvalue weighted by Crippen LogP contribution is 2.30. The van der Waals surface area contributed by atoms with Crippen LogP contribution in [0.1, 0.15) is 21.5 Å². The molecular formula is C22H18N4O2. The maximum atomic E-state index is 13.3. The Bertz CT molecular complexity index is 1180. The highest BCUT2D eigenvalue weighted by Gasteiger charge is 2.22. The predicted octanol–water partition coefficient (Wildman–Crippen LogP) is 3.50. The van der Waals surface area contributed by atoms with Gasteiger partial charge in [0.25, 0.3) is 0 Å². The van der Waals surface area contributed by atoms with Gasteiger partial charge in [-0.3, -0.25) is 9.89 Å². The number of ketones is 1. The van der Waals surface area contributed by atoms with Crippen LogP contribution in [0, 0.1) is 12.1 Å². The van der Waals surface area contributed by atoms with Crippen LogP contribution in [-0.2, 0) is 0 Å². The first-order chi connectivity index (χ1) is 13.5.